The fourth-order valence-electron chi connectivity index (χ4n) is 3.29. The number of carbonyl (C=O) groups is 1. The summed E-state index contributed by atoms with van der Waals surface area (Å²) in [6.45, 7) is 1.88. The molecule has 0 aliphatic carbocycles. The largest absolute Gasteiger partial charge is 0.497 e. The standard InChI is InChI=1S/C20H20FN3O4S2/c1-28-15-3-5-16(6-4-15)30(26,27)13-19(25)23-8-10-24(11-9-23)20-22-17-7-2-14(21)12-18(17)29-20/h2-7,12H,8-11,13H2,1H3. The molecular formula is C20H20FN3O4S2. The highest BCUT2D eigenvalue weighted by molar-refractivity contribution is 7.92. The van der Waals surface area contributed by atoms with Gasteiger partial charge in [0.05, 0.1) is 22.2 Å². The molecule has 0 radical (unpaired) electrons. The predicted octanol–water partition coefficient (Wildman–Crippen LogP) is 2.57. The van der Waals surface area contributed by atoms with Gasteiger partial charge in [-0.2, -0.15) is 0 Å². The number of hydrogen-bond acceptors (Lipinski definition) is 7. The van der Waals surface area contributed by atoms with Gasteiger partial charge in [0.2, 0.25) is 5.91 Å². The lowest BCUT2D eigenvalue weighted by Gasteiger charge is -2.34. The van der Waals surface area contributed by atoms with E-state index in [9.17, 15) is 17.6 Å². The van der Waals surface area contributed by atoms with Gasteiger partial charge in [-0.15, -0.1) is 0 Å². The topological polar surface area (TPSA) is 79.8 Å². The number of anilines is 1. The molecule has 1 fully saturated rings. The number of aromatic nitrogens is 1. The van der Waals surface area contributed by atoms with Crippen LogP contribution in [-0.2, 0) is 14.6 Å². The molecule has 0 spiro atoms. The number of hydrogen-bond donors (Lipinski definition) is 0. The van der Waals surface area contributed by atoms with Crippen LogP contribution in [0, 0.1) is 5.82 Å². The Balaban J connectivity index is 1.38. The molecule has 7 nitrogen and oxygen atoms in total. The van der Waals surface area contributed by atoms with Crippen molar-refractivity contribution in [2.45, 2.75) is 4.90 Å². The first-order valence-corrected chi connectivity index (χ1v) is 11.8. The molecule has 1 amide bonds. The lowest BCUT2D eigenvalue weighted by Crippen LogP contribution is -2.50. The quantitative estimate of drug-likeness (QED) is 0.596. The van der Waals surface area contributed by atoms with Crippen molar-refractivity contribution in [2.24, 2.45) is 0 Å². The van der Waals surface area contributed by atoms with E-state index >= 15 is 0 Å². The molecule has 2 heterocycles. The number of thiazole rings is 1. The van der Waals surface area contributed by atoms with Gasteiger partial charge in [-0.25, -0.2) is 17.8 Å². The Kier molecular flexibility index (Phi) is 5.61. The third-order valence-electron chi connectivity index (χ3n) is 4.97. The van der Waals surface area contributed by atoms with Gasteiger partial charge in [-0.3, -0.25) is 4.79 Å². The number of rotatable bonds is 5. The monoisotopic (exact) mass is 449 g/mol. The molecule has 0 unspecified atom stereocenters. The highest BCUT2D eigenvalue weighted by Gasteiger charge is 2.27. The van der Waals surface area contributed by atoms with E-state index in [2.05, 4.69) is 4.98 Å². The van der Waals surface area contributed by atoms with Crippen LogP contribution in [0.15, 0.2) is 47.4 Å². The van der Waals surface area contributed by atoms with E-state index in [1.807, 2.05) is 4.90 Å². The number of fused-ring (bicyclic) bond motifs is 1. The number of halogens is 1. The summed E-state index contributed by atoms with van der Waals surface area (Å²) in [4.78, 5) is 20.8. The van der Waals surface area contributed by atoms with Crippen molar-refractivity contribution in [1.82, 2.24) is 9.88 Å². The number of sulfone groups is 1. The molecule has 1 aromatic heterocycles. The zero-order chi connectivity index (χ0) is 21.3. The molecule has 3 aromatic rings. The second-order valence-corrected chi connectivity index (χ2v) is 9.91. The van der Waals surface area contributed by atoms with Crippen LogP contribution in [0.2, 0.25) is 0 Å². The number of carbonyl (C=O) groups excluding carboxylic acids is 1. The van der Waals surface area contributed by atoms with Crippen molar-refractivity contribution < 1.29 is 22.3 Å². The maximum atomic E-state index is 13.4. The molecule has 158 valence electrons. The van der Waals surface area contributed by atoms with Gasteiger partial charge in [0.25, 0.3) is 0 Å². The maximum Gasteiger partial charge on any atom is 0.238 e. The summed E-state index contributed by atoms with van der Waals surface area (Å²) in [5, 5.41) is 0.772. The first-order valence-electron chi connectivity index (χ1n) is 9.31. The summed E-state index contributed by atoms with van der Waals surface area (Å²) < 4.78 is 44.3. The van der Waals surface area contributed by atoms with Crippen molar-refractivity contribution in [1.29, 1.82) is 0 Å². The van der Waals surface area contributed by atoms with Gasteiger partial charge in [-0.1, -0.05) is 11.3 Å². The molecule has 0 atom stereocenters. The van der Waals surface area contributed by atoms with Crippen LogP contribution in [0.5, 0.6) is 5.75 Å². The van der Waals surface area contributed by atoms with Crippen LogP contribution in [-0.4, -0.2) is 63.3 Å². The van der Waals surface area contributed by atoms with E-state index in [1.54, 1.807) is 23.1 Å². The molecule has 2 aromatic carbocycles. The van der Waals surface area contributed by atoms with E-state index in [0.717, 1.165) is 15.3 Å². The van der Waals surface area contributed by atoms with Gasteiger partial charge in [0, 0.05) is 26.2 Å². The molecule has 0 saturated carbocycles. The fraction of sp³-hybridized carbons (Fsp3) is 0.300. The Labute approximate surface area is 177 Å². The predicted molar refractivity (Wildman–Crippen MR) is 113 cm³/mol. The second-order valence-electron chi connectivity index (χ2n) is 6.91. The minimum atomic E-state index is -3.73. The summed E-state index contributed by atoms with van der Waals surface area (Å²) in [5.41, 5.74) is 0.737. The number of methoxy groups -OCH3 is 1. The van der Waals surface area contributed by atoms with Gasteiger partial charge in [0.1, 0.15) is 17.3 Å². The van der Waals surface area contributed by atoms with E-state index < -0.39 is 21.5 Å². The van der Waals surface area contributed by atoms with Crippen molar-refractivity contribution in [3.8, 4) is 5.75 Å². The zero-order valence-electron chi connectivity index (χ0n) is 16.2. The minimum Gasteiger partial charge on any atom is -0.497 e. The van der Waals surface area contributed by atoms with Crippen LogP contribution in [0.1, 0.15) is 0 Å². The van der Waals surface area contributed by atoms with Crippen LogP contribution >= 0.6 is 11.3 Å². The van der Waals surface area contributed by atoms with Gasteiger partial charge in [0.15, 0.2) is 15.0 Å². The number of piperazine rings is 1. The average Bonchev–Trinajstić information content (AvgIpc) is 3.17. The van der Waals surface area contributed by atoms with Crippen LogP contribution in [0.3, 0.4) is 0 Å². The maximum absolute atomic E-state index is 13.4. The van der Waals surface area contributed by atoms with Gasteiger partial charge >= 0.3 is 0 Å². The number of benzene rings is 2. The fourth-order valence-corrected chi connectivity index (χ4v) is 5.56. The molecule has 4 rings (SSSR count). The lowest BCUT2D eigenvalue weighted by molar-refractivity contribution is -0.128. The van der Waals surface area contributed by atoms with Crippen molar-refractivity contribution >= 4 is 42.4 Å². The van der Waals surface area contributed by atoms with Crippen LogP contribution in [0.4, 0.5) is 9.52 Å². The van der Waals surface area contributed by atoms with Crippen LogP contribution < -0.4 is 9.64 Å². The summed E-state index contributed by atoms with van der Waals surface area (Å²) >= 11 is 1.40. The smallest absolute Gasteiger partial charge is 0.238 e. The molecule has 0 N–H and O–H groups in total. The second kappa shape index (κ2) is 8.19. The Morgan fingerprint density at radius 1 is 1.13 bits per heavy atom. The number of nitrogens with zero attached hydrogens (tertiary/aromatic N) is 3. The first-order chi connectivity index (χ1) is 14.4. The summed E-state index contributed by atoms with van der Waals surface area (Å²) in [7, 11) is -2.23. The third kappa shape index (κ3) is 4.24. The van der Waals surface area contributed by atoms with Crippen molar-refractivity contribution in [3.05, 3.63) is 48.3 Å². The molecular weight excluding hydrogens is 429 g/mol. The Morgan fingerprint density at radius 3 is 2.50 bits per heavy atom. The molecule has 1 aliphatic rings. The summed E-state index contributed by atoms with van der Waals surface area (Å²) in [5.74, 6) is -0.739. The van der Waals surface area contributed by atoms with Gasteiger partial charge < -0.3 is 14.5 Å². The molecule has 1 aliphatic heterocycles. The molecule has 0 bridgehead atoms. The Hall–Kier alpha value is -2.72. The minimum absolute atomic E-state index is 0.0944. The van der Waals surface area contributed by atoms with Crippen molar-refractivity contribution in [3.63, 3.8) is 0 Å². The van der Waals surface area contributed by atoms with Crippen molar-refractivity contribution in [2.75, 3.05) is 43.9 Å². The van der Waals surface area contributed by atoms with E-state index in [0.29, 0.717) is 31.9 Å². The lowest BCUT2D eigenvalue weighted by atomic mass is 10.3. The summed E-state index contributed by atoms with van der Waals surface area (Å²) in [6, 6.07) is 10.5. The van der Waals surface area contributed by atoms with Gasteiger partial charge in [-0.05, 0) is 42.5 Å². The SMILES string of the molecule is COc1ccc(S(=O)(=O)CC(=O)N2CCN(c3nc4ccc(F)cc4s3)CC2)cc1. The normalized spacial score (nSPS) is 14.9. The summed E-state index contributed by atoms with van der Waals surface area (Å²) in [6.07, 6.45) is 0. The highest BCUT2D eigenvalue weighted by Crippen LogP contribution is 2.30. The number of amides is 1. The van der Waals surface area contributed by atoms with Crippen LogP contribution in [0.25, 0.3) is 10.2 Å². The molecule has 1 saturated heterocycles. The Morgan fingerprint density at radius 2 is 1.83 bits per heavy atom. The third-order valence-corrected chi connectivity index (χ3v) is 7.67. The molecule has 30 heavy (non-hydrogen) atoms. The first kappa shape index (κ1) is 20.5. The number of ether oxygens (including phenoxy) is 1. The Bertz CT molecular complexity index is 1170. The van der Waals surface area contributed by atoms with E-state index in [4.69, 9.17) is 4.74 Å². The van der Waals surface area contributed by atoms with E-state index in [-0.39, 0.29) is 10.7 Å². The highest BCUT2D eigenvalue weighted by atomic mass is 32.2. The molecule has 10 heteroatoms. The van der Waals surface area contributed by atoms with E-state index in [1.165, 1.54) is 42.7 Å². The zero-order valence-corrected chi connectivity index (χ0v) is 17.9. The average molecular weight is 450 g/mol.